The predicted molar refractivity (Wildman–Crippen MR) is 85.7 cm³/mol. The van der Waals surface area contributed by atoms with Gasteiger partial charge in [-0.25, -0.2) is 17.5 Å². The van der Waals surface area contributed by atoms with Crippen LogP contribution in [-0.4, -0.2) is 45.5 Å². The fourth-order valence-electron chi connectivity index (χ4n) is 2.13. The topological polar surface area (TPSA) is 95.3 Å². The summed E-state index contributed by atoms with van der Waals surface area (Å²) in [7, 11) is -0.870. The van der Waals surface area contributed by atoms with Crippen LogP contribution in [-0.2, 0) is 26.2 Å². The normalized spacial score (nSPS) is 16.7. The summed E-state index contributed by atoms with van der Waals surface area (Å²) < 4.78 is 46.2. The van der Waals surface area contributed by atoms with Gasteiger partial charge in [-0.15, -0.1) is 0 Å². The number of nitrogens with zero attached hydrogens (tertiary/aromatic N) is 1. The van der Waals surface area contributed by atoms with E-state index in [9.17, 15) is 13.2 Å². The number of para-hydroxylation sites is 2. The number of rotatable bonds is 5. The third kappa shape index (κ3) is 3.62. The zero-order valence-electron chi connectivity index (χ0n) is 13.7. The summed E-state index contributed by atoms with van der Waals surface area (Å²) in [5.74, 6) is 0.623. The third-order valence-corrected chi connectivity index (χ3v) is 5.19. The molecule has 1 aliphatic rings. The van der Waals surface area contributed by atoms with Crippen LogP contribution in [0.25, 0.3) is 0 Å². The Hall–Kier alpha value is -2.52. The number of fused-ring (bicyclic) bond motifs is 1. The van der Waals surface area contributed by atoms with Crippen LogP contribution in [0.5, 0.6) is 11.5 Å². The van der Waals surface area contributed by atoms with Crippen LogP contribution >= 0.6 is 0 Å². The maximum absolute atomic E-state index is 12.1. The first-order chi connectivity index (χ1) is 11.9. The van der Waals surface area contributed by atoms with E-state index in [1.54, 1.807) is 24.3 Å². The lowest BCUT2D eigenvalue weighted by atomic mass is 10.2. The Morgan fingerprint density at radius 2 is 1.92 bits per heavy atom. The Kier molecular flexibility index (Phi) is 4.69. The number of esters is 1. The van der Waals surface area contributed by atoms with Crippen LogP contribution in [0.1, 0.15) is 5.76 Å². The molecule has 0 aliphatic carbocycles. The summed E-state index contributed by atoms with van der Waals surface area (Å²) in [6.45, 7) is -0.169. The summed E-state index contributed by atoms with van der Waals surface area (Å²) in [5.41, 5.74) is 0. The number of furan rings is 1. The van der Waals surface area contributed by atoms with Crippen molar-refractivity contribution in [1.82, 2.24) is 4.31 Å². The van der Waals surface area contributed by atoms with Gasteiger partial charge in [-0.05, 0) is 24.3 Å². The van der Waals surface area contributed by atoms with Gasteiger partial charge >= 0.3 is 5.97 Å². The van der Waals surface area contributed by atoms with E-state index in [1.807, 2.05) is 0 Å². The second-order valence-electron chi connectivity index (χ2n) is 5.48. The standard InChI is InChI=1S/C16H17NO7S/c1-17(2)25(19,20)15-8-7-11(23-15)9-22-16(18)14-10-21-12-5-3-4-6-13(12)24-14/h3-8,14H,9-10H2,1-2H3. The van der Waals surface area contributed by atoms with Gasteiger partial charge < -0.3 is 18.6 Å². The van der Waals surface area contributed by atoms with Crippen molar-refractivity contribution in [2.75, 3.05) is 20.7 Å². The molecule has 1 atom stereocenters. The van der Waals surface area contributed by atoms with Crippen LogP contribution in [0.15, 0.2) is 45.9 Å². The van der Waals surface area contributed by atoms with Crippen molar-refractivity contribution in [1.29, 1.82) is 0 Å². The second kappa shape index (κ2) is 6.77. The number of sulfonamides is 1. The molecule has 1 aromatic heterocycles. The number of ether oxygens (including phenoxy) is 3. The Morgan fingerprint density at radius 1 is 1.20 bits per heavy atom. The number of carbonyl (C=O) groups excluding carboxylic acids is 1. The molecule has 0 saturated carbocycles. The minimum absolute atomic E-state index is 0.0360. The van der Waals surface area contributed by atoms with E-state index in [0.717, 1.165) is 4.31 Å². The smallest absolute Gasteiger partial charge is 0.351 e. The molecule has 1 aliphatic heterocycles. The molecule has 25 heavy (non-hydrogen) atoms. The molecule has 0 N–H and O–H groups in total. The summed E-state index contributed by atoms with van der Waals surface area (Å²) >= 11 is 0. The average Bonchev–Trinajstić information content (AvgIpc) is 3.09. The molecule has 2 heterocycles. The van der Waals surface area contributed by atoms with Crippen molar-refractivity contribution < 1.29 is 31.8 Å². The Morgan fingerprint density at radius 3 is 2.64 bits per heavy atom. The predicted octanol–water partition coefficient (Wildman–Crippen LogP) is 1.41. The number of benzene rings is 1. The largest absolute Gasteiger partial charge is 0.485 e. The second-order valence-corrected chi connectivity index (χ2v) is 7.56. The monoisotopic (exact) mass is 367 g/mol. The molecule has 9 heteroatoms. The molecule has 134 valence electrons. The van der Waals surface area contributed by atoms with E-state index in [1.165, 1.54) is 26.2 Å². The van der Waals surface area contributed by atoms with Gasteiger partial charge in [0.25, 0.3) is 10.0 Å². The molecule has 0 spiro atoms. The molecule has 0 fully saturated rings. The van der Waals surface area contributed by atoms with Crippen molar-refractivity contribution in [3.05, 3.63) is 42.2 Å². The van der Waals surface area contributed by atoms with Crippen LogP contribution in [0, 0.1) is 0 Å². The van der Waals surface area contributed by atoms with Gasteiger partial charge in [-0.3, -0.25) is 0 Å². The van der Waals surface area contributed by atoms with Gasteiger partial charge in [-0.1, -0.05) is 12.1 Å². The quantitative estimate of drug-likeness (QED) is 0.737. The first-order valence-corrected chi connectivity index (χ1v) is 8.88. The van der Waals surface area contributed by atoms with E-state index in [2.05, 4.69) is 0 Å². The van der Waals surface area contributed by atoms with Crippen LogP contribution in [0.3, 0.4) is 0 Å². The maximum atomic E-state index is 12.1. The fourth-order valence-corrected chi connectivity index (χ4v) is 2.94. The van der Waals surface area contributed by atoms with Gasteiger partial charge in [0.2, 0.25) is 11.2 Å². The van der Waals surface area contributed by atoms with E-state index in [0.29, 0.717) is 11.5 Å². The summed E-state index contributed by atoms with van der Waals surface area (Å²) in [5, 5.41) is -0.213. The van der Waals surface area contributed by atoms with Crippen molar-refractivity contribution in [2.45, 2.75) is 17.8 Å². The first-order valence-electron chi connectivity index (χ1n) is 7.44. The highest BCUT2D eigenvalue weighted by molar-refractivity contribution is 7.88. The lowest BCUT2D eigenvalue weighted by Gasteiger charge is -2.24. The van der Waals surface area contributed by atoms with Crippen molar-refractivity contribution in [3.8, 4) is 11.5 Å². The highest BCUT2D eigenvalue weighted by Gasteiger charge is 2.29. The first kappa shape index (κ1) is 17.3. The van der Waals surface area contributed by atoms with Gasteiger partial charge in [-0.2, -0.15) is 0 Å². The maximum Gasteiger partial charge on any atom is 0.351 e. The molecule has 0 saturated heterocycles. The van der Waals surface area contributed by atoms with Gasteiger partial charge in [0.05, 0.1) is 0 Å². The highest BCUT2D eigenvalue weighted by Crippen LogP contribution is 2.31. The van der Waals surface area contributed by atoms with E-state index >= 15 is 0 Å². The summed E-state index contributed by atoms with van der Waals surface area (Å²) in [6.07, 6.45) is -0.894. The van der Waals surface area contributed by atoms with E-state index in [4.69, 9.17) is 18.6 Å². The van der Waals surface area contributed by atoms with E-state index in [-0.39, 0.29) is 24.1 Å². The van der Waals surface area contributed by atoms with Crippen LogP contribution in [0.4, 0.5) is 0 Å². The van der Waals surface area contributed by atoms with E-state index < -0.39 is 22.1 Å². The number of hydrogen-bond acceptors (Lipinski definition) is 7. The molecule has 0 amide bonds. The minimum Gasteiger partial charge on any atom is -0.485 e. The molecular formula is C16H17NO7S. The molecule has 2 aromatic rings. The zero-order chi connectivity index (χ0) is 18.0. The van der Waals surface area contributed by atoms with Crippen molar-refractivity contribution >= 4 is 16.0 Å². The molecule has 0 bridgehead atoms. The Balaban J connectivity index is 1.60. The zero-order valence-corrected chi connectivity index (χ0v) is 14.5. The average molecular weight is 367 g/mol. The Labute approximate surface area is 144 Å². The molecule has 1 aromatic carbocycles. The fraction of sp³-hybridized carbons (Fsp3) is 0.312. The summed E-state index contributed by atoms with van der Waals surface area (Å²) in [6, 6.07) is 9.76. The Bertz CT molecular complexity index is 872. The van der Waals surface area contributed by atoms with Crippen molar-refractivity contribution in [2.24, 2.45) is 0 Å². The number of hydrogen-bond donors (Lipinski definition) is 0. The molecular weight excluding hydrogens is 350 g/mol. The molecule has 3 rings (SSSR count). The molecule has 8 nitrogen and oxygen atoms in total. The number of carbonyl (C=O) groups is 1. The molecule has 1 unspecified atom stereocenters. The van der Waals surface area contributed by atoms with Gasteiger partial charge in [0.15, 0.2) is 11.5 Å². The van der Waals surface area contributed by atoms with Crippen LogP contribution < -0.4 is 9.47 Å². The highest BCUT2D eigenvalue weighted by atomic mass is 32.2. The van der Waals surface area contributed by atoms with Crippen LogP contribution in [0.2, 0.25) is 0 Å². The molecule has 0 radical (unpaired) electrons. The lowest BCUT2D eigenvalue weighted by molar-refractivity contribution is -0.156. The lowest BCUT2D eigenvalue weighted by Crippen LogP contribution is -2.37. The third-order valence-electron chi connectivity index (χ3n) is 3.50. The summed E-state index contributed by atoms with van der Waals surface area (Å²) in [4.78, 5) is 12.1. The van der Waals surface area contributed by atoms with Gasteiger partial charge in [0, 0.05) is 14.1 Å². The SMILES string of the molecule is CN(C)S(=O)(=O)c1ccc(COC(=O)C2COc3ccccc3O2)o1. The van der Waals surface area contributed by atoms with Gasteiger partial charge in [0.1, 0.15) is 19.0 Å². The van der Waals surface area contributed by atoms with Crippen molar-refractivity contribution in [3.63, 3.8) is 0 Å². The minimum atomic E-state index is -3.67.